The fourth-order valence-electron chi connectivity index (χ4n) is 1.50. The van der Waals surface area contributed by atoms with Crippen LogP contribution in [0.5, 0.6) is 0 Å². The molecule has 0 aromatic rings. The highest BCUT2D eigenvalue weighted by molar-refractivity contribution is 7.78. The van der Waals surface area contributed by atoms with Gasteiger partial charge in [0.05, 0.1) is 0 Å². The molecule has 0 bridgehead atoms. The van der Waals surface area contributed by atoms with Crippen LogP contribution in [0.25, 0.3) is 0 Å². The summed E-state index contributed by atoms with van der Waals surface area (Å²) < 4.78 is 17.1. The van der Waals surface area contributed by atoms with Gasteiger partial charge in [0, 0.05) is 12.1 Å². The van der Waals surface area contributed by atoms with Crippen LogP contribution in [-0.4, -0.2) is 46.9 Å². The largest absolute Gasteiger partial charge is 0.373 e. The third kappa shape index (κ3) is 7.21. The van der Waals surface area contributed by atoms with E-state index >= 15 is 0 Å². The van der Waals surface area contributed by atoms with Gasteiger partial charge in [0.1, 0.15) is 0 Å². The van der Waals surface area contributed by atoms with Gasteiger partial charge in [0.25, 0.3) is 0 Å². The van der Waals surface area contributed by atoms with Gasteiger partial charge >= 0.3 is 19.0 Å². The van der Waals surface area contributed by atoms with E-state index in [1.54, 1.807) is 0 Å². The normalized spacial score (nSPS) is 13.7. The van der Waals surface area contributed by atoms with E-state index in [0.717, 1.165) is 6.54 Å². The molecule has 0 saturated heterocycles. The summed E-state index contributed by atoms with van der Waals surface area (Å²) in [5, 5.41) is 0. The zero-order valence-corrected chi connectivity index (χ0v) is 15.4. The molecule has 11 heteroatoms. The van der Waals surface area contributed by atoms with Crippen LogP contribution in [0.1, 0.15) is 34.6 Å². The Labute approximate surface area is 129 Å². The van der Waals surface area contributed by atoms with E-state index < -0.39 is 19.0 Å². The van der Waals surface area contributed by atoms with Crippen molar-refractivity contribution < 1.29 is 28.7 Å². The Morgan fingerprint density at radius 1 is 0.950 bits per heavy atom. The molecular weight excluding hydrogens is 351 g/mol. The van der Waals surface area contributed by atoms with E-state index in [-0.39, 0.29) is 0 Å². The van der Waals surface area contributed by atoms with Crippen LogP contribution in [0.15, 0.2) is 0 Å². The fraction of sp³-hybridized carbons (Fsp3) is 1.00. The molecule has 20 heavy (non-hydrogen) atoms. The van der Waals surface area contributed by atoms with Crippen LogP contribution >= 0.6 is 38.4 Å². The Balaban J connectivity index is 0. The molecule has 124 valence electrons. The topological polar surface area (TPSA) is 118 Å². The molecule has 0 saturated carbocycles. The van der Waals surface area contributed by atoms with Crippen molar-refractivity contribution in [3.8, 4) is 0 Å². The number of rotatable bonds is 5. The average molecular weight is 374 g/mol. The van der Waals surface area contributed by atoms with Crippen molar-refractivity contribution in [2.45, 2.75) is 50.5 Å². The highest BCUT2D eigenvalue weighted by Crippen LogP contribution is 2.73. The zero-order valence-electron chi connectivity index (χ0n) is 12.1. The number of halogens is 2. The first-order chi connectivity index (χ1) is 8.59. The van der Waals surface area contributed by atoms with Crippen molar-refractivity contribution in [1.29, 1.82) is 0 Å². The van der Waals surface area contributed by atoms with Gasteiger partial charge in [-0.1, -0.05) is 30.1 Å². The molecule has 0 aliphatic heterocycles. The Hall–Kier alpha value is 0.840. The second-order valence-electron chi connectivity index (χ2n) is 4.62. The van der Waals surface area contributed by atoms with Crippen molar-refractivity contribution in [2.24, 2.45) is 0 Å². The molecule has 0 aromatic carbocycles. The van der Waals surface area contributed by atoms with Crippen LogP contribution in [0.2, 0.25) is 0 Å². The summed E-state index contributed by atoms with van der Waals surface area (Å²) in [6.45, 7) is 12.3. The first-order valence-electron chi connectivity index (χ1n) is 5.84. The van der Waals surface area contributed by atoms with Crippen LogP contribution in [0.4, 0.5) is 0 Å². The lowest BCUT2D eigenvalue weighted by Gasteiger charge is -2.28. The lowest BCUT2D eigenvalue weighted by Crippen LogP contribution is -2.36. The van der Waals surface area contributed by atoms with E-state index in [9.17, 15) is 9.13 Å². The summed E-state index contributed by atoms with van der Waals surface area (Å²) in [7, 11) is -10.4. The Kier molecular flexibility index (Phi) is 9.78. The first kappa shape index (κ1) is 23.1. The molecule has 0 spiro atoms. The molecule has 7 nitrogen and oxygen atoms in total. The summed E-state index contributed by atoms with van der Waals surface area (Å²) in [5.74, 6) is 0. The van der Waals surface area contributed by atoms with Gasteiger partial charge in [-0.2, -0.15) is 0 Å². The van der Waals surface area contributed by atoms with E-state index in [2.05, 4.69) is 39.5 Å². The molecule has 0 unspecified atom stereocenters. The second-order valence-corrected chi connectivity index (χ2v) is 10.9. The van der Waals surface area contributed by atoms with E-state index in [1.807, 2.05) is 0 Å². The lowest BCUT2D eigenvalue weighted by atomic mass is 10.2. The van der Waals surface area contributed by atoms with Gasteiger partial charge < -0.3 is 19.6 Å². The predicted octanol–water partition coefficient (Wildman–Crippen LogP) is 2.56. The minimum Gasteiger partial charge on any atom is -0.322 e. The molecule has 0 radical (unpaired) electrons. The highest BCUT2D eigenvalue weighted by atomic mass is 35.5. The quantitative estimate of drug-likeness (QED) is 0.431. The summed E-state index contributed by atoms with van der Waals surface area (Å²) in [5.41, 5.74) is 0. The molecule has 0 rings (SSSR count). The SMILES string of the molecule is CCN(C(C)C)C(C)C.O=P(O)(O)C(Cl)(Cl)P(=O)(O)O. The molecule has 0 amide bonds. The van der Waals surface area contributed by atoms with Crippen LogP contribution < -0.4 is 0 Å². The Morgan fingerprint density at radius 2 is 1.20 bits per heavy atom. The lowest BCUT2D eigenvalue weighted by molar-refractivity contribution is 0.185. The average Bonchev–Trinajstić information content (AvgIpc) is 2.14. The van der Waals surface area contributed by atoms with Crippen molar-refractivity contribution >= 4 is 38.4 Å². The van der Waals surface area contributed by atoms with Gasteiger partial charge in [-0.15, -0.1) is 0 Å². The minimum absolute atomic E-state index is 0.690. The zero-order chi connectivity index (χ0) is 16.9. The van der Waals surface area contributed by atoms with Crippen LogP contribution in [0, 0.1) is 0 Å². The number of hydrogen-bond donors (Lipinski definition) is 4. The molecule has 0 atom stereocenters. The maximum absolute atomic E-state index is 10.2. The second kappa shape index (κ2) is 8.47. The smallest absolute Gasteiger partial charge is 0.322 e. The van der Waals surface area contributed by atoms with Crippen LogP contribution in [0.3, 0.4) is 0 Å². The monoisotopic (exact) mass is 373 g/mol. The third-order valence-corrected chi connectivity index (χ3v) is 8.00. The summed E-state index contributed by atoms with van der Waals surface area (Å²) in [6, 6.07) is 1.38. The van der Waals surface area contributed by atoms with Crippen molar-refractivity contribution in [1.82, 2.24) is 4.90 Å². The Bertz CT molecular complexity index is 347. The summed E-state index contributed by atoms with van der Waals surface area (Å²) in [4.78, 5) is 35.4. The van der Waals surface area contributed by atoms with Crippen molar-refractivity contribution in [2.75, 3.05) is 6.54 Å². The standard InChI is InChI=1S/C8H19N.CH4Cl2O6P2/c1-6-9(7(2)3)8(4)5;2-1(3,10(4,5)6)11(7,8)9/h7-8H,6H2,1-5H3;(H2,4,5,6)(H2,7,8,9). The fourth-order valence-corrected chi connectivity index (χ4v) is 2.85. The molecule has 4 N–H and O–H groups in total. The minimum atomic E-state index is -5.22. The van der Waals surface area contributed by atoms with E-state index in [0.29, 0.717) is 12.1 Å². The Morgan fingerprint density at radius 3 is 1.20 bits per heavy atom. The van der Waals surface area contributed by atoms with Gasteiger partial charge in [-0.25, -0.2) is 0 Å². The first-order valence-corrected chi connectivity index (χ1v) is 9.82. The number of alkyl halides is 2. The maximum Gasteiger partial charge on any atom is 0.373 e. The van der Waals surface area contributed by atoms with E-state index in [1.165, 1.54) is 0 Å². The molecule has 0 aromatic heterocycles. The van der Waals surface area contributed by atoms with E-state index in [4.69, 9.17) is 42.8 Å². The van der Waals surface area contributed by atoms with Crippen molar-refractivity contribution in [3.05, 3.63) is 0 Å². The molecule has 0 aliphatic rings. The molecule has 0 fully saturated rings. The van der Waals surface area contributed by atoms with Crippen molar-refractivity contribution in [3.63, 3.8) is 0 Å². The molecular formula is C9H23Cl2NO6P2. The molecule has 0 aliphatic carbocycles. The van der Waals surface area contributed by atoms with Gasteiger partial charge in [0.15, 0.2) is 0 Å². The summed E-state index contributed by atoms with van der Waals surface area (Å²) in [6.07, 6.45) is 0. The van der Waals surface area contributed by atoms with Gasteiger partial charge in [0.2, 0.25) is 0 Å². The summed E-state index contributed by atoms with van der Waals surface area (Å²) >= 11 is 9.46. The highest BCUT2D eigenvalue weighted by Gasteiger charge is 2.58. The number of nitrogens with zero attached hydrogens (tertiary/aromatic N) is 1. The molecule has 0 heterocycles. The van der Waals surface area contributed by atoms with Gasteiger partial charge in [-0.3, -0.25) is 14.0 Å². The number of hydrogen-bond acceptors (Lipinski definition) is 3. The van der Waals surface area contributed by atoms with Gasteiger partial charge in [-0.05, 0) is 34.2 Å². The van der Waals surface area contributed by atoms with Crippen LogP contribution in [-0.2, 0) is 9.13 Å². The maximum atomic E-state index is 10.2. The third-order valence-electron chi connectivity index (χ3n) is 2.39. The predicted molar refractivity (Wildman–Crippen MR) is 81.2 cm³/mol.